The van der Waals surface area contributed by atoms with Gasteiger partial charge in [0.2, 0.25) is 0 Å². The number of phenolic OH excluding ortho intramolecular Hbond substituents is 1. The molecule has 3 heteroatoms. The van der Waals surface area contributed by atoms with Gasteiger partial charge in [0, 0.05) is 10.8 Å². The Kier molecular flexibility index (Phi) is 2.90. The van der Waals surface area contributed by atoms with Gasteiger partial charge in [0.25, 0.3) is 0 Å². The summed E-state index contributed by atoms with van der Waals surface area (Å²) in [7, 11) is 0. The second-order valence-corrected chi connectivity index (χ2v) is 5.18. The van der Waals surface area contributed by atoms with Crippen molar-refractivity contribution in [2.24, 2.45) is 5.10 Å². The van der Waals surface area contributed by atoms with Crippen molar-refractivity contribution in [3.05, 3.63) is 78.4 Å². The van der Waals surface area contributed by atoms with Crippen molar-refractivity contribution in [2.45, 2.75) is 0 Å². The van der Waals surface area contributed by atoms with Gasteiger partial charge < -0.3 is 5.11 Å². The predicted molar refractivity (Wildman–Crippen MR) is 90.5 cm³/mol. The zero-order chi connectivity index (χ0) is 14.9. The third-order valence-electron chi connectivity index (χ3n) is 3.77. The summed E-state index contributed by atoms with van der Waals surface area (Å²) in [6.07, 6.45) is 1.80. The van der Waals surface area contributed by atoms with E-state index < -0.39 is 0 Å². The van der Waals surface area contributed by atoms with E-state index in [-0.39, 0.29) is 5.75 Å². The number of hydrogen-bond donors (Lipinski definition) is 1. The van der Waals surface area contributed by atoms with E-state index in [1.807, 2.05) is 41.1 Å². The van der Waals surface area contributed by atoms with Crippen LogP contribution in [0.15, 0.2) is 77.9 Å². The topological polar surface area (TPSA) is 37.5 Å². The van der Waals surface area contributed by atoms with E-state index in [2.05, 4.69) is 29.4 Å². The van der Waals surface area contributed by atoms with E-state index in [1.165, 1.54) is 10.8 Å². The van der Waals surface area contributed by atoms with E-state index in [4.69, 9.17) is 0 Å². The molecule has 1 aromatic heterocycles. The highest BCUT2D eigenvalue weighted by atomic mass is 16.3. The highest BCUT2D eigenvalue weighted by Crippen LogP contribution is 2.28. The van der Waals surface area contributed by atoms with E-state index in [0.717, 1.165) is 16.6 Å². The van der Waals surface area contributed by atoms with Crippen LogP contribution in [0, 0.1) is 0 Å². The second-order valence-electron chi connectivity index (χ2n) is 5.18. The first-order valence-electron chi connectivity index (χ1n) is 7.14. The van der Waals surface area contributed by atoms with Crippen LogP contribution < -0.4 is 0 Å². The lowest BCUT2D eigenvalue weighted by Gasteiger charge is -2.00. The van der Waals surface area contributed by atoms with Crippen LogP contribution in [-0.2, 0) is 0 Å². The van der Waals surface area contributed by atoms with Gasteiger partial charge in [0.15, 0.2) is 0 Å². The minimum absolute atomic E-state index is 0.258. The molecular formula is C19H14N2O. The SMILES string of the molecule is Oc1ccc(/C=N\n2c3ccccc3c3ccccc32)cc1. The maximum atomic E-state index is 9.34. The smallest absolute Gasteiger partial charge is 0.115 e. The van der Waals surface area contributed by atoms with Gasteiger partial charge in [-0.1, -0.05) is 36.4 Å². The maximum absolute atomic E-state index is 9.34. The molecule has 4 aromatic rings. The minimum Gasteiger partial charge on any atom is -0.508 e. The molecule has 22 heavy (non-hydrogen) atoms. The van der Waals surface area contributed by atoms with Crippen molar-refractivity contribution in [2.75, 3.05) is 0 Å². The van der Waals surface area contributed by atoms with Crippen LogP contribution in [-0.4, -0.2) is 16.0 Å². The fourth-order valence-corrected chi connectivity index (χ4v) is 2.71. The molecule has 0 radical (unpaired) electrons. The Bertz CT molecular complexity index is 928. The van der Waals surface area contributed by atoms with Crippen molar-refractivity contribution in [1.29, 1.82) is 0 Å². The molecule has 1 heterocycles. The number of rotatable bonds is 2. The zero-order valence-electron chi connectivity index (χ0n) is 11.8. The van der Waals surface area contributed by atoms with Gasteiger partial charge in [0.05, 0.1) is 17.2 Å². The van der Waals surface area contributed by atoms with E-state index >= 15 is 0 Å². The van der Waals surface area contributed by atoms with Crippen LogP contribution >= 0.6 is 0 Å². The quantitative estimate of drug-likeness (QED) is 0.545. The second kappa shape index (κ2) is 5.04. The number of hydrogen-bond acceptors (Lipinski definition) is 2. The van der Waals surface area contributed by atoms with Crippen molar-refractivity contribution in [3.8, 4) is 5.75 Å². The molecule has 0 bridgehead atoms. The summed E-state index contributed by atoms with van der Waals surface area (Å²) in [6.45, 7) is 0. The molecule has 0 atom stereocenters. The van der Waals surface area contributed by atoms with Gasteiger partial charge in [0.1, 0.15) is 5.75 Å². The maximum Gasteiger partial charge on any atom is 0.115 e. The Morgan fingerprint density at radius 1 is 0.727 bits per heavy atom. The molecule has 0 amide bonds. The first-order chi connectivity index (χ1) is 10.8. The monoisotopic (exact) mass is 286 g/mol. The van der Waals surface area contributed by atoms with Crippen LogP contribution in [0.2, 0.25) is 0 Å². The summed E-state index contributed by atoms with van der Waals surface area (Å²) in [5, 5.41) is 16.4. The number of benzene rings is 3. The van der Waals surface area contributed by atoms with Crippen LogP contribution in [0.4, 0.5) is 0 Å². The average molecular weight is 286 g/mol. The van der Waals surface area contributed by atoms with E-state index in [0.29, 0.717) is 0 Å². The lowest BCUT2D eigenvalue weighted by atomic mass is 10.2. The van der Waals surface area contributed by atoms with Crippen LogP contribution in [0.5, 0.6) is 5.75 Å². The number of nitrogens with zero attached hydrogens (tertiary/aromatic N) is 2. The first-order valence-corrected chi connectivity index (χ1v) is 7.14. The minimum atomic E-state index is 0.258. The fourth-order valence-electron chi connectivity index (χ4n) is 2.71. The lowest BCUT2D eigenvalue weighted by molar-refractivity contribution is 0.475. The standard InChI is InChI=1S/C19H14N2O/c22-15-11-9-14(10-12-15)13-20-21-18-7-3-1-5-16(18)17-6-2-4-8-19(17)21/h1-13,22H/b20-13-. The highest BCUT2D eigenvalue weighted by molar-refractivity contribution is 6.08. The molecule has 3 nitrogen and oxygen atoms in total. The van der Waals surface area contributed by atoms with Gasteiger partial charge in [-0.25, -0.2) is 4.68 Å². The summed E-state index contributed by atoms with van der Waals surface area (Å²) in [4.78, 5) is 0. The summed E-state index contributed by atoms with van der Waals surface area (Å²) < 4.78 is 1.96. The van der Waals surface area contributed by atoms with Crippen molar-refractivity contribution in [1.82, 2.24) is 4.68 Å². The number of aromatic nitrogens is 1. The van der Waals surface area contributed by atoms with Gasteiger partial charge in [-0.3, -0.25) is 0 Å². The largest absolute Gasteiger partial charge is 0.508 e. The molecule has 1 N–H and O–H groups in total. The predicted octanol–water partition coefficient (Wildman–Crippen LogP) is 4.38. The zero-order valence-corrected chi connectivity index (χ0v) is 11.8. The van der Waals surface area contributed by atoms with Crippen molar-refractivity contribution < 1.29 is 5.11 Å². The summed E-state index contributed by atoms with van der Waals surface area (Å²) >= 11 is 0. The molecule has 0 unspecified atom stereocenters. The molecule has 4 rings (SSSR count). The Balaban J connectivity index is 1.91. The molecule has 0 saturated carbocycles. The molecule has 0 fully saturated rings. The van der Waals surface area contributed by atoms with Crippen LogP contribution in [0.1, 0.15) is 5.56 Å². The van der Waals surface area contributed by atoms with E-state index in [9.17, 15) is 5.11 Å². The van der Waals surface area contributed by atoms with Crippen molar-refractivity contribution in [3.63, 3.8) is 0 Å². The third kappa shape index (κ3) is 2.04. The average Bonchev–Trinajstić information content (AvgIpc) is 2.89. The summed E-state index contributed by atoms with van der Waals surface area (Å²) in [5.41, 5.74) is 3.11. The molecular weight excluding hydrogens is 272 g/mol. The molecule has 0 saturated heterocycles. The fraction of sp³-hybridized carbons (Fsp3) is 0. The Hall–Kier alpha value is -3.07. The Morgan fingerprint density at radius 3 is 1.86 bits per heavy atom. The van der Waals surface area contributed by atoms with Crippen LogP contribution in [0.25, 0.3) is 21.8 Å². The molecule has 0 aliphatic carbocycles. The van der Waals surface area contributed by atoms with Gasteiger partial charge in [-0.15, -0.1) is 0 Å². The Morgan fingerprint density at radius 2 is 1.27 bits per heavy atom. The number of para-hydroxylation sites is 2. The normalized spacial score (nSPS) is 11.6. The molecule has 0 aliphatic heterocycles. The Labute approximate surface area is 127 Å². The first kappa shape index (κ1) is 12.7. The molecule has 106 valence electrons. The number of aromatic hydroxyl groups is 1. The molecule has 0 aliphatic rings. The van der Waals surface area contributed by atoms with E-state index in [1.54, 1.807) is 18.3 Å². The summed E-state index contributed by atoms with van der Waals surface area (Å²) in [5.74, 6) is 0.258. The molecule has 3 aromatic carbocycles. The van der Waals surface area contributed by atoms with Crippen molar-refractivity contribution >= 4 is 28.0 Å². The molecule has 0 spiro atoms. The number of phenols is 1. The summed E-state index contributed by atoms with van der Waals surface area (Å²) in [6, 6.07) is 23.5. The van der Waals surface area contributed by atoms with Gasteiger partial charge >= 0.3 is 0 Å². The van der Waals surface area contributed by atoms with Gasteiger partial charge in [-0.2, -0.15) is 5.10 Å². The number of fused-ring (bicyclic) bond motifs is 3. The lowest BCUT2D eigenvalue weighted by Crippen LogP contribution is -1.90. The highest BCUT2D eigenvalue weighted by Gasteiger charge is 2.08. The third-order valence-corrected chi connectivity index (χ3v) is 3.77. The van der Waals surface area contributed by atoms with Crippen LogP contribution in [0.3, 0.4) is 0 Å². The van der Waals surface area contributed by atoms with Gasteiger partial charge in [-0.05, 0) is 42.0 Å².